The molecule has 0 aromatic heterocycles. The molecule has 2 aliphatic heterocycles. The van der Waals surface area contributed by atoms with Crippen LogP contribution in [0.5, 0.6) is 0 Å². The van der Waals surface area contributed by atoms with Crippen LogP contribution in [0.15, 0.2) is 30.3 Å². The van der Waals surface area contributed by atoms with Gasteiger partial charge >= 0.3 is 11.9 Å². The number of esters is 2. The van der Waals surface area contributed by atoms with E-state index in [1.807, 2.05) is 6.07 Å². The normalized spacial score (nSPS) is 26.8. The first-order valence-electron chi connectivity index (χ1n) is 8.21. The number of carbonyl (C=O) groups excluding carboxylic acids is 2. The minimum Gasteiger partial charge on any atom is -0.481 e. The number of methoxy groups -OCH3 is 1. The van der Waals surface area contributed by atoms with Crippen LogP contribution in [0, 0.1) is 5.92 Å². The van der Waals surface area contributed by atoms with E-state index in [0.29, 0.717) is 18.0 Å². The molecule has 2 bridgehead atoms. The second-order valence-corrected chi connectivity index (χ2v) is 6.16. The van der Waals surface area contributed by atoms with Crippen LogP contribution in [0.3, 0.4) is 0 Å². The number of benzene rings is 1. The maximum Gasteiger partial charge on any atom is 0.338 e. The number of nitrogens with one attached hydrogen (secondary N) is 1. The lowest BCUT2D eigenvalue weighted by Gasteiger charge is -2.35. The highest BCUT2D eigenvalue weighted by atomic mass is 16.6. The Labute approximate surface area is 146 Å². The summed E-state index contributed by atoms with van der Waals surface area (Å²) in [5.41, 5.74) is 0.506. The molecule has 3 rings (SSSR count). The summed E-state index contributed by atoms with van der Waals surface area (Å²) in [6.45, 7) is 1.08. The average molecular weight is 349 g/mol. The summed E-state index contributed by atoms with van der Waals surface area (Å²) < 4.78 is 10.5. The molecule has 0 saturated carbocycles. The van der Waals surface area contributed by atoms with Crippen molar-refractivity contribution in [1.29, 1.82) is 0 Å². The van der Waals surface area contributed by atoms with Gasteiger partial charge < -0.3 is 19.9 Å². The van der Waals surface area contributed by atoms with E-state index in [9.17, 15) is 9.59 Å². The van der Waals surface area contributed by atoms with E-state index in [-0.39, 0.29) is 18.0 Å². The van der Waals surface area contributed by atoms with Gasteiger partial charge in [-0.2, -0.15) is 0 Å². The Kier molecular flexibility index (Phi) is 6.52. The third-order valence-corrected chi connectivity index (χ3v) is 4.37. The van der Waals surface area contributed by atoms with E-state index in [2.05, 4.69) is 5.32 Å². The molecule has 136 valence electrons. The van der Waals surface area contributed by atoms with Gasteiger partial charge in [0.2, 0.25) is 0 Å². The Morgan fingerprint density at radius 3 is 2.40 bits per heavy atom. The van der Waals surface area contributed by atoms with Crippen molar-refractivity contribution in [2.75, 3.05) is 7.11 Å². The van der Waals surface area contributed by atoms with Crippen molar-refractivity contribution in [2.45, 2.75) is 44.4 Å². The Morgan fingerprint density at radius 1 is 1.16 bits per heavy atom. The van der Waals surface area contributed by atoms with Crippen molar-refractivity contribution in [2.24, 2.45) is 5.92 Å². The predicted octanol–water partition coefficient (Wildman–Crippen LogP) is 1.62. The van der Waals surface area contributed by atoms with Gasteiger partial charge in [0.25, 0.3) is 5.97 Å². The van der Waals surface area contributed by atoms with E-state index in [0.717, 1.165) is 19.8 Å². The standard InChI is InChI=1S/C16H19NO4.C2H4O2/c1-20-16(19)14-12-8-7-11(17-12)9-13(14)21-15(18)10-5-3-2-4-6-10;1-2(3)4/h2-6,11-14,17H,7-9H2,1H3;1H3,(H,3,4)/t11-,12+,13-,14+;/m0./s1. The lowest BCUT2D eigenvalue weighted by Crippen LogP contribution is -2.53. The van der Waals surface area contributed by atoms with E-state index in [4.69, 9.17) is 19.4 Å². The van der Waals surface area contributed by atoms with E-state index >= 15 is 0 Å². The highest BCUT2D eigenvalue weighted by Gasteiger charge is 2.47. The first-order valence-corrected chi connectivity index (χ1v) is 8.21. The zero-order valence-corrected chi connectivity index (χ0v) is 14.3. The van der Waals surface area contributed by atoms with Crippen LogP contribution in [0.4, 0.5) is 0 Å². The SMILES string of the molecule is CC(=O)O.COC(=O)[C@H]1[C@@H](OC(=O)c2ccccc2)C[C@@H]2CC[C@H]1N2. The fraction of sp³-hybridized carbons (Fsp3) is 0.500. The molecule has 2 aliphatic rings. The Morgan fingerprint density at radius 2 is 1.80 bits per heavy atom. The molecule has 1 aromatic carbocycles. The summed E-state index contributed by atoms with van der Waals surface area (Å²) in [7, 11) is 1.37. The van der Waals surface area contributed by atoms with Crippen molar-refractivity contribution < 1.29 is 29.0 Å². The van der Waals surface area contributed by atoms with Gasteiger partial charge in [-0.05, 0) is 25.0 Å². The number of hydrogen-bond donors (Lipinski definition) is 2. The van der Waals surface area contributed by atoms with Crippen LogP contribution in [0.25, 0.3) is 0 Å². The average Bonchev–Trinajstić information content (AvgIpc) is 2.96. The number of carboxylic acids is 1. The molecule has 4 atom stereocenters. The van der Waals surface area contributed by atoms with Gasteiger partial charge in [-0.15, -0.1) is 0 Å². The Bertz CT molecular complexity index is 613. The van der Waals surface area contributed by atoms with Gasteiger partial charge in [0.05, 0.1) is 12.7 Å². The molecule has 0 radical (unpaired) electrons. The summed E-state index contributed by atoms with van der Waals surface area (Å²) in [6.07, 6.45) is 2.18. The molecular formula is C18H23NO6. The predicted molar refractivity (Wildman–Crippen MR) is 89.0 cm³/mol. The maximum atomic E-state index is 12.2. The van der Waals surface area contributed by atoms with E-state index in [1.54, 1.807) is 24.3 Å². The molecule has 7 nitrogen and oxygen atoms in total. The summed E-state index contributed by atoms with van der Waals surface area (Å²) in [5.74, 6) is -1.93. The van der Waals surface area contributed by atoms with Crippen LogP contribution in [-0.2, 0) is 19.1 Å². The number of ether oxygens (including phenoxy) is 2. The smallest absolute Gasteiger partial charge is 0.338 e. The highest BCUT2D eigenvalue weighted by molar-refractivity contribution is 5.89. The zero-order chi connectivity index (χ0) is 18.4. The summed E-state index contributed by atoms with van der Waals surface area (Å²) in [6, 6.07) is 9.23. The first kappa shape index (κ1) is 18.9. The summed E-state index contributed by atoms with van der Waals surface area (Å²) in [5, 5.41) is 10.8. The number of hydrogen-bond acceptors (Lipinski definition) is 6. The van der Waals surface area contributed by atoms with Crippen molar-refractivity contribution in [3.8, 4) is 0 Å². The molecule has 2 N–H and O–H groups in total. The van der Waals surface area contributed by atoms with Gasteiger partial charge in [-0.25, -0.2) is 4.79 Å². The van der Waals surface area contributed by atoms with Crippen molar-refractivity contribution in [1.82, 2.24) is 5.32 Å². The minimum absolute atomic E-state index is 0.0461. The first-order chi connectivity index (χ1) is 11.9. The Balaban J connectivity index is 0.000000511. The zero-order valence-electron chi connectivity index (χ0n) is 14.3. The van der Waals surface area contributed by atoms with Gasteiger partial charge in [-0.3, -0.25) is 9.59 Å². The molecule has 0 spiro atoms. The van der Waals surface area contributed by atoms with Crippen molar-refractivity contribution in [3.63, 3.8) is 0 Å². The quantitative estimate of drug-likeness (QED) is 0.799. The van der Waals surface area contributed by atoms with Crippen molar-refractivity contribution >= 4 is 17.9 Å². The summed E-state index contributed by atoms with van der Waals surface area (Å²) in [4.78, 5) is 33.2. The number of carbonyl (C=O) groups is 3. The molecule has 25 heavy (non-hydrogen) atoms. The highest BCUT2D eigenvalue weighted by Crippen LogP contribution is 2.34. The maximum absolute atomic E-state index is 12.2. The van der Waals surface area contributed by atoms with Crippen molar-refractivity contribution in [3.05, 3.63) is 35.9 Å². The molecule has 0 amide bonds. The summed E-state index contributed by atoms with van der Waals surface area (Å²) >= 11 is 0. The molecule has 7 heteroatoms. The fourth-order valence-corrected chi connectivity index (χ4v) is 3.36. The number of carboxylic acid groups (broad SMARTS) is 1. The third kappa shape index (κ3) is 5.03. The van der Waals surface area contributed by atoms with Crippen LogP contribution in [-0.4, -0.2) is 48.3 Å². The van der Waals surface area contributed by atoms with E-state index < -0.39 is 18.0 Å². The van der Waals surface area contributed by atoms with Gasteiger partial charge in [0.15, 0.2) is 0 Å². The lowest BCUT2D eigenvalue weighted by molar-refractivity contribution is -0.152. The molecule has 1 aromatic rings. The van der Waals surface area contributed by atoms with Gasteiger partial charge in [0, 0.05) is 25.4 Å². The monoisotopic (exact) mass is 349 g/mol. The second kappa shape index (κ2) is 8.62. The van der Waals surface area contributed by atoms with Crippen LogP contribution >= 0.6 is 0 Å². The lowest BCUT2D eigenvalue weighted by atomic mass is 9.89. The minimum atomic E-state index is -0.833. The van der Waals surface area contributed by atoms with Gasteiger partial charge in [-0.1, -0.05) is 18.2 Å². The van der Waals surface area contributed by atoms with Crippen LogP contribution < -0.4 is 5.32 Å². The Hall–Kier alpha value is -2.41. The number of fused-ring (bicyclic) bond motifs is 2. The number of piperidine rings is 1. The third-order valence-electron chi connectivity index (χ3n) is 4.37. The van der Waals surface area contributed by atoms with Crippen LogP contribution in [0.1, 0.15) is 36.5 Å². The molecular weight excluding hydrogens is 326 g/mol. The largest absolute Gasteiger partial charge is 0.481 e. The van der Waals surface area contributed by atoms with Gasteiger partial charge in [0.1, 0.15) is 12.0 Å². The number of aliphatic carboxylic acids is 1. The topological polar surface area (TPSA) is 102 Å². The number of rotatable bonds is 3. The molecule has 2 heterocycles. The fourth-order valence-electron chi connectivity index (χ4n) is 3.36. The molecule has 0 aliphatic carbocycles. The molecule has 2 fully saturated rings. The molecule has 2 saturated heterocycles. The second-order valence-electron chi connectivity index (χ2n) is 6.16. The van der Waals surface area contributed by atoms with E-state index in [1.165, 1.54) is 7.11 Å². The molecule has 0 unspecified atom stereocenters. The van der Waals surface area contributed by atoms with Crippen LogP contribution in [0.2, 0.25) is 0 Å².